The monoisotopic (exact) mass is 453 g/mol. The first-order valence-electron chi connectivity index (χ1n) is 7.65. The minimum absolute atomic E-state index is 0.0189. The van der Waals surface area contributed by atoms with Gasteiger partial charge in [-0.25, -0.2) is 13.4 Å². The fourth-order valence-corrected chi connectivity index (χ4v) is 6.44. The number of nitrogens with one attached hydrogen (secondary N) is 1. The molecule has 1 saturated heterocycles. The van der Waals surface area contributed by atoms with E-state index in [9.17, 15) is 13.2 Å². The van der Waals surface area contributed by atoms with Gasteiger partial charge >= 0.3 is 0 Å². The van der Waals surface area contributed by atoms with Crippen LogP contribution in [0.4, 0.5) is 5.82 Å². The number of piperidine rings is 1. The molecule has 0 spiro atoms. The Hall–Kier alpha value is -0.900. The van der Waals surface area contributed by atoms with Crippen LogP contribution in [0.2, 0.25) is 13.7 Å². The summed E-state index contributed by atoms with van der Waals surface area (Å²) in [5, 5.41) is 3.15. The Kier molecular flexibility index (Phi) is 6.11. The summed E-state index contributed by atoms with van der Waals surface area (Å²) in [5.41, 5.74) is 0. The van der Waals surface area contributed by atoms with Crippen molar-refractivity contribution in [2.45, 2.75) is 17.7 Å². The largest absolute Gasteiger partial charge is 0.310 e. The average Bonchev–Trinajstić information content (AvgIpc) is 2.96. The number of nitrogens with zero attached hydrogens (tertiary/aromatic N) is 2. The van der Waals surface area contributed by atoms with Gasteiger partial charge in [-0.3, -0.25) is 4.79 Å². The molecule has 6 nitrogen and oxygen atoms in total. The third kappa shape index (κ3) is 4.32. The maximum atomic E-state index is 12.8. The van der Waals surface area contributed by atoms with Crippen LogP contribution in [-0.4, -0.2) is 36.7 Å². The quantitative estimate of drug-likeness (QED) is 0.753. The molecule has 2 aromatic heterocycles. The number of halogens is 3. The highest BCUT2D eigenvalue weighted by atomic mass is 35.5. The topological polar surface area (TPSA) is 79.4 Å². The van der Waals surface area contributed by atoms with E-state index in [1.165, 1.54) is 16.6 Å². The second-order valence-electron chi connectivity index (χ2n) is 5.74. The van der Waals surface area contributed by atoms with Gasteiger partial charge in [-0.05, 0) is 31.0 Å². The zero-order valence-electron chi connectivity index (χ0n) is 13.3. The molecule has 26 heavy (non-hydrogen) atoms. The van der Waals surface area contributed by atoms with Crippen LogP contribution in [0.15, 0.2) is 29.3 Å². The van der Waals surface area contributed by atoms with Crippen molar-refractivity contribution in [3.8, 4) is 0 Å². The lowest BCUT2D eigenvalue weighted by Gasteiger charge is -2.31. The van der Waals surface area contributed by atoms with E-state index < -0.39 is 15.9 Å². The van der Waals surface area contributed by atoms with Crippen molar-refractivity contribution < 1.29 is 13.2 Å². The molecule has 0 bridgehead atoms. The van der Waals surface area contributed by atoms with Gasteiger partial charge in [-0.1, -0.05) is 34.8 Å². The van der Waals surface area contributed by atoms with Gasteiger partial charge in [0, 0.05) is 19.3 Å². The molecular formula is C15H14Cl3N3O3S2. The summed E-state index contributed by atoms with van der Waals surface area (Å²) in [7, 11) is -3.80. The van der Waals surface area contributed by atoms with Crippen molar-refractivity contribution in [2.75, 3.05) is 18.4 Å². The molecule has 0 aromatic carbocycles. The molecule has 0 aliphatic carbocycles. The number of hydrogen-bond donors (Lipinski definition) is 1. The van der Waals surface area contributed by atoms with Crippen LogP contribution in [0.25, 0.3) is 0 Å². The molecule has 1 atom stereocenters. The summed E-state index contributed by atoms with van der Waals surface area (Å²) >= 11 is 18.6. The van der Waals surface area contributed by atoms with E-state index in [0.717, 1.165) is 11.3 Å². The second kappa shape index (κ2) is 8.00. The standard InChI is InChI=1S/C15H14Cl3N3O3S2/c16-10-3-4-13(19-7-10)20-15(22)9-2-1-5-21(8-9)26(23,24)11-6-12(17)25-14(11)18/h3-4,6-7,9H,1-2,5,8H2,(H,19,20,22). The number of sulfonamides is 1. The van der Waals surface area contributed by atoms with Crippen LogP contribution in [-0.2, 0) is 14.8 Å². The number of carbonyl (C=O) groups excluding carboxylic acids is 1. The van der Waals surface area contributed by atoms with Crippen molar-refractivity contribution in [3.05, 3.63) is 38.1 Å². The number of thiophene rings is 1. The molecule has 1 unspecified atom stereocenters. The third-order valence-corrected chi connectivity index (χ3v) is 7.82. The molecule has 2 aromatic rings. The van der Waals surface area contributed by atoms with Crippen molar-refractivity contribution in [2.24, 2.45) is 5.92 Å². The minimum atomic E-state index is -3.80. The van der Waals surface area contributed by atoms with E-state index in [0.29, 0.717) is 34.6 Å². The molecule has 0 radical (unpaired) electrons. The van der Waals surface area contributed by atoms with Crippen molar-refractivity contribution in [3.63, 3.8) is 0 Å². The molecule has 140 valence electrons. The summed E-state index contributed by atoms with van der Waals surface area (Å²) in [6.45, 7) is 0.403. The summed E-state index contributed by atoms with van der Waals surface area (Å²) < 4.78 is 27.3. The van der Waals surface area contributed by atoms with Gasteiger partial charge in [0.2, 0.25) is 15.9 Å². The fourth-order valence-electron chi connectivity index (χ4n) is 2.69. The predicted octanol–water partition coefficient (Wildman–Crippen LogP) is 4.14. The van der Waals surface area contributed by atoms with E-state index in [-0.39, 0.29) is 21.7 Å². The first kappa shape index (κ1) is 19.9. The number of rotatable bonds is 4. The Balaban J connectivity index is 1.73. The van der Waals surface area contributed by atoms with Gasteiger partial charge in [0.1, 0.15) is 15.0 Å². The lowest BCUT2D eigenvalue weighted by atomic mass is 9.99. The van der Waals surface area contributed by atoms with Crippen molar-refractivity contribution in [1.82, 2.24) is 9.29 Å². The van der Waals surface area contributed by atoms with E-state index >= 15 is 0 Å². The van der Waals surface area contributed by atoms with Gasteiger partial charge in [0.15, 0.2) is 0 Å². The first-order chi connectivity index (χ1) is 12.3. The lowest BCUT2D eigenvalue weighted by molar-refractivity contribution is -0.120. The van der Waals surface area contributed by atoms with Crippen LogP contribution < -0.4 is 5.32 Å². The number of pyridine rings is 1. The highest BCUT2D eigenvalue weighted by Gasteiger charge is 2.35. The average molecular weight is 455 g/mol. The summed E-state index contributed by atoms with van der Waals surface area (Å²) in [5.74, 6) is -0.398. The van der Waals surface area contributed by atoms with Crippen LogP contribution >= 0.6 is 46.1 Å². The Bertz CT molecular complexity index is 916. The molecule has 1 aliphatic rings. The van der Waals surface area contributed by atoms with E-state index in [4.69, 9.17) is 34.8 Å². The van der Waals surface area contributed by atoms with Crippen molar-refractivity contribution >= 4 is 67.9 Å². The maximum absolute atomic E-state index is 12.8. The van der Waals surface area contributed by atoms with Gasteiger partial charge in [0.05, 0.1) is 15.3 Å². The Labute approximate surface area is 170 Å². The van der Waals surface area contributed by atoms with Gasteiger partial charge in [-0.15, -0.1) is 11.3 Å². The molecule has 1 fully saturated rings. The number of anilines is 1. The van der Waals surface area contributed by atoms with E-state index in [2.05, 4.69) is 10.3 Å². The van der Waals surface area contributed by atoms with Crippen LogP contribution in [0.1, 0.15) is 12.8 Å². The lowest BCUT2D eigenvalue weighted by Crippen LogP contribution is -2.43. The van der Waals surface area contributed by atoms with Crippen molar-refractivity contribution in [1.29, 1.82) is 0 Å². The van der Waals surface area contributed by atoms with Crippen LogP contribution in [0, 0.1) is 5.92 Å². The molecule has 1 amide bonds. The predicted molar refractivity (Wildman–Crippen MR) is 104 cm³/mol. The fraction of sp³-hybridized carbons (Fsp3) is 0.333. The molecule has 0 saturated carbocycles. The molecule has 1 aliphatic heterocycles. The van der Waals surface area contributed by atoms with Gasteiger partial charge in [0.25, 0.3) is 0 Å². The number of hydrogen-bond acceptors (Lipinski definition) is 5. The number of aromatic nitrogens is 1. The maximum Gasteiger partial charge on any atom is 0.245 e. The zero-order chi connectivity index (χ0) is 18.9. The SMILES string of the molecule is O=C(Nc1ccc(Cl)cn1)C1CCCN(S(=O)(=O)c2cc(Cl)sc2Cl)C1. The Morgan fingerprint density at radius 3 is 2.69 bits per heavy atom. The number of carbonyl (C=O) groups is 1. The first-order valence-corrected chi connectivity index (χ1v) is 11.0. The van der Waals surface area contributed by atoms with Gasteiger partial charge < -0.3 is 5.32 Å². The van der Waals surface area contributed by atoms with Crippen LogP contribution in [0.5, 0.6) is 0 Å². The summed E-state index contributed by atoms with van der Waals surface area (Å²) in [6.07, 6.45) is 2.58. The summed E-state index contributed by atoms with van der Waals surface area (Å²) in [4.78, 5) is 16.5. The Morgan fingerprint density at radius 2 is 2.08 bits per heavy atom. The van der Waals surface area contributed by atoms with Crippen LogP contribution in [0.3, 0.4) is 0 Å². The smallest absolute Gasteiger partial charge is 0.245 e. The zero-order valence-corrected chi connectivity index (χ0v) is 17.2. The molecule has 1 N–H and O–H groups in total. The summed E-state index contributed by atoms with van der Waals surface area (Å²) in [6, 6.07) is 4.54. The molecule has 3 rings (SSSR count). The minimum Gasteiger partial charge on any atom is -0.310 e. The van der Waals surface area contributed by atoms with Gasteiger partial charge in [-0.2, -0.15) is 4.31 Å². The molecule has 11 heteroatoms. The van der Waals surface area contributed by atoms with E-state index in [1.54, 1.807) is 12.1 Å². The second-order valence-corrected chi connectivity index (χ2v) is 10.4. The van der Waals surface area contributed by atoms with E-state index in [1.807, 2.05) is 0 Å². The molecule has 3 heterocycles. The molecular weight excluding hydrogens is 441 g/mol. The highest BCUT2D eigenvalue weighted by molar-refractivity contribution is 7.89. The normalized spacial score (nSPS) is 18.7. The highest BCUT2D eigenvalue weighted by Crippen LogP contribution is 2.37. The Morgan fingerprint density at radius 1 is 1.31 bits per heavy atom. The number of amides is 1. The third-order valence-electron chi connectivity index (χ3n) is 3.98.